The molecular formula is C13H12F3NO. The highest BCUT2D eigenvalue weighted by atomic mass is 19.4. The quantitative estimate of drug-likeness (QED) is 0.889. The van der Waals surface area contributed by atoms with Gasteiger partial charge in [0.1, 0.15) is 5.76 Å². The van der Waals surface area contributed by atoms with E-state index in [0.717, 1.165) is 12.1 Å². The average Bonchev–Trinajstić information content (AvgIpc) is 2.73. The molecule has 0 aliphatic heterocycles. The first-order valence-corrected chi connectivity index (χ1v) is 5.36. The standard InChI is InChI=1S/C13H12F3NO/c1-8-11(5-6-18-8)12(17)9-3-2-4-10(7-9)13(14,15)16/h2-7,12H,17H2,1H3. The van der Waals surface area contributed by atoms with Crippen LogP contribution in [0.4, 0.5) is 13.2 Å². The third kappa shape index (κ3) is 2.41. The highest BCUT2D eigenvalue weighted by Crippen LogP contribution is 2.32. The molecule has 1 atom stereocenters. The number of hydrogen-bond acceptors (Lipinski definition) is 2. The highest BCUT2D eigenvalue weighted by Gasteiger charge is 2.31. The minimum absolute atomic E-state index is 0.411. The Kier molecular flexibility index (Phi) is 3.17. The fourth-order valence-electron chi connectivity index (χ4n) is 1.81. The summed E-state index contributed by atoms with van der Waals surface area (Å²) in [4.78, 5) is 0. The van der Waals surface area contributed by atoms with E-state index in [1.54, 1.807) is 19.1 Å². The van der Waals surface area contributed by atoms with Gasteiger partial charge in [0.05, 0.1) is 17.9 Å². The number of alkyl halides is 3. The maximum absolute atomic E-state index is 12.6. The van der Waals surface area contributed by atoms with Gasteiger partial charge in [0.25, 0.3) is 0 Å². The van der Waals surface area contributed by atoms with Crippen LogP contribution in [-0.4, -0.2) is 0 Å². The second-order valence-corrected chi connectivity index (χ2v) is 4.03. The molecule has 0 fully saturated rings. The van der Waals surface area contributed by atoms with Gasteiger partial charge < -0.3 is 10.2 Å². The first-order chi connectivity index (χ1) is 8.39. The first kappa shape index (κ1) is 12.7. The Morgan fingerprint density at radius 3 is 2.50 bits per heavy atom. The van der Waals surface area contributed by atoms with Crippen molar-refractivity contribution in [1.82, 2.24) is 0 Å². The zero-order chi connectivity index (χ0) is 13.3. The van der Waals surface area contributed by atoms with E-state index >= 15 is 0 Å². The number of benzene rings is 1. The van der Waals surface area contributed by atoms with Crippen LogP contribution < -0.4 is 5.73 Å². The normalized spacial score (nSPS) is 13.6. The summed E-state index contributed by atoms with van der Waals surface area (Å²) in [5.41, 5.74) is 6.35. The maximum atomic E-state index is 12.6. The predicted molar refractivity (Wildman–Crippen MR) is 60.9 cm³/mol. The topological polar surface area (TPSA) is 39.2 Å². The van der Waals surface area contributed by atoms with Crippen molar-refractivity contribution >= 4 is 0 Å². The summed E-state index contributed by atoms with van der Waals surface area (Å²) in [5.74, 6) is 0.611. The molecular weight excluding hydrogens is 243 g/mol. The van der Waals surface area contributed by atoms with Crippen molar-refractivity contribution in [3.63, 3.8) is 0 Å². The van der Waals surface area contributed by atoms with Gasteiger partial charge in [-0.25, -0.2) is 0 Å². The minimum atomic E-state index is -4.36. The molecule has 1 heterocycles. The lowest BCUT2D eigenvalue weighted by molar-refractivity contribution is -0.137. The number of halogens is 3. The molecule has 0 amide bonds. The summed E-state index contributed by atoms with van der Waals surface area (Å²) in [5, 5.41) is 0. The van der Waals surface area contributed by atoms with Crippen molar-refractivity contribution < 1.29 is 17.6 Å². The van der Waals surface area contributed by atoms with Crippen LogP contribution in [0.25, 0.3) is 0 Å². The van der Waals surface area contributed by atoms with Crippen molar-refractivity contribution in [3.8, 4) is 0 Å². The molecule has 5 heteroatoms. The summed E-state index contributed by atoms with van der Waals surface area (Å²) in [6, 6.07) is 6.07. The number of aryl methyl sites for hydroxylation is 1. The Morgan fingerprint density at radius 1 is 1.22 bits per heavy atom. The van der Waals surface area contributed by atoms with Crippen LogP contribution in [0.3, 0.4) is 0 Å². The van der Waals surface area contributed by atoms with E-state index in [2.05, 4.69) is 0 Å². The van der Waals surface area contributed by atoms with Gasteiger partial charge in [0, 0.05) is 5.56 Å². The van der Waals surface area contributed by atoms with Crippen molar-refractivity contribution in [2.75, 3.05) is 0 Å². The lowest BCUT2D eigenvalue weighted by atomic mass is 9.98. The smallest absolute Gasteiger partial charge is 0.416 e. The molecule has 18 heavy (non-hydrogen) atoms. The van der Waals surface area contributed by atoms with Crippen LogP contribution in [0.5, 0.6) is 0 Å². The van der Waals surface area contributed by atoms with Gasteiger partial charge in [0.15, 0.2) is 0 Å². The van der Waals surface area contributed by atoms with E-state index < -0.39 is 17.8 Å². The van der Waals surface area contributed by atoms with Crippen molar-refractivity contribution in [2.24, 2.45) is 5.73 Å². The summed E-state index contributed by atoms with van der Waals surface area (Å²) < 4.78 is 42.9. The first-order valence-electron chi connectivity index (χ1n) is 5.36. The van der Waals surface area contributed by atoms with Crippen LogP contribution in [-0.2, 0) is 6.18 Å². The van der Waals surface area contributed by atoms with Crippen LogP contribution >= 0.6 is 0 Å². The Bertz CT molecular complexity index is 545. The summed E-state index contributed by atoms with van der Waals surface area (Å²) in [6.45, 7) is 1.73. The maximum Gasteiger partial charge on any atom is 0.416 e. The van der Waals surface area contributed by atoms with E-state index in [4.69, 9.17) is 10.2 Å². The predicted octanol–water partition coefficient (Wildman–Crippen LogP) is 3.65. The summed E-state index contributed by atoms with van der Waals surface area (Å²) >= 11 is 0. The third-order valence-electron chi connectivity index (χ3n) is 2.81. The van der Waals surface area contributed by atoms with Crippen molar-refractivity contribution in [1.29, 1.82) is 0 Å². The molecule has 2 rings (SSSR count). The molecule has 0 spiro atoms. The second kappa shape index (κ2) is 4.49. The Labute approximate surface area is 102 Å². The summed E-state index contributed by atoms with van der Waals surface area (Å²) in [7, 11) is 0. The van der Waals surface area contributed by atoms with Gasteiger partial charge in [-0.05, 0) is 30.7 Å². The van der Waals surface area contributed by atoms with Crippen molar-refractivity contribution in [2.45, 2.75) is 19.1 Å². The number of furan rings is 1. The SMILES string of the molecule is Cc1occc1C(N)c1cccc(C(F)(F)F)c1. The fourth-order valence-corrected chi connectivity index (χ4v) is 1.81. The van der Waals surface area contributed by atoms with E-state index in [1.807, 2.05) is 0 Å². The zero-order valence-corrected chi connectivity index (χ0v) is 9.66. The van der Waals surface area contributed by atoms with Gasteiger partial charge in [-0.3, -0.25) is 0 Å². The second-order valence-electron chi connectivity index (χ2n) is 4.03. The molecule has 0 aliphatic carbocycles. The molecule has 0 aliphatic rings. The van der Waals surface area contributed by atoms with Crippen LogP contribution in [0.2, 0.25) is 0 Å². The molecule has 1 aromatic carbocycles. The van der Waals surface area contributed by atoms with Crippen LogP contribution in [0.1, 0.15) is 28.5 Å². The average molecular weight is 255 g/mol. The van der Waals surface area contributed by atoms with Gasteiger partial charge in [-0.1, -0.05) is 12.1 Å². The Balaban J connectivity index is 2.38. The van der Waals surface area contributed by atoms with Gasteiger partial charge in [0.2, 0.25) is 0 Å². The van der Waals surface area contributed by atoms with Crippen LogP contribution in [0.15, 0.2) is 41.0 Å². The molecule has 96 valence electrons. The molecule has 2 N–H and O–H groups in total. The molecule has 0 radical (unpaired) electrons. The Morgan fingerprint density at radius 2 is 1.94 bits per heavy atom. The number of hydrogen-bond donors (Lipinski definition) is 1. The Hall–Kier alpha value is -1.75. The largest absolute Gasteiger partial charge is 0.469 e. The number of nitrogens with two attached hydrogens (primary N) is 1. The zero-order valence-electron chi connectivity index (χ0n) is 9.66. The fraction of sp³-hybridized carbons (Fsp3) is 0.231. The lowest BCUT2D eigenvalue weighted by Crippen LogP contribution is -2.14. The van der Waals surface area contributed by atoms with E-state index in [1.165, 1.54) is 12.3 Å². The third-order valence-corrected chi connectivity index (χ3v) is 2.81. The lowest BCUT2D eigenvalue weighted by Gasteiger charge is -2.14. The molecule has 0 saturated carbocycles. The van der Waals surface area contributed by atoms with Crippen molar-refractivity contribution in [3.05, 3.63) is 59.0 Å². The van der Waals surface area contributed by atoms with Gasteiger partial charge in [-0.2, -0.15) is 13.2 Å². The van der Waals surface area contributed by atoms with Crippen LogP contribution in [0, 0.1) is 6.92 Å². The molecule has 2 nitrogen and oxygen atoms in total. The molecule has 1 aromatic heterocycles. The minimum Gasteiger partial charge on any atom is -0.469 e. The molecule has 0 saturated heterocycles. The molecule has 0 bridgehead atoms. The molecule has 2 aromatic rings. The van der Waals surface area contributed by atoms with E-state index in [9.17, 15) is 13.2 Å². The summed E-state index contributed by atoms with van der Waals surface area (Å²) in [6.07, 6.45) is -2.89. The monoisotopic (exact) mass is 255 g/mol. The molecule has 1 unspecified atom stereocenters. The number of rotatable bonds is 2. The van der Waals surface area contributed by atoms with E-state index in [0.29, 0.717) is 16.9 Å². The van der Waals surface area contributed by atoms with Gasteiger partial charge >= 0.3 is 6.18 Å². The van der Waals surface area contributed by atoms with E-state index in [-0.39, 0.29) is 0 Å². The van der Waals surface area contributed by atoms with Gasteiger partial charge in [-0.15, -0.1) is 0 Å². The highest BCUT2D eigenvalue weighted by molar-refractivity contribution is 5.35.